The Balaban J connectivity index is 1.16. The van der Waals surface area contributed by atoms with Crippen molar-refractivity contribution in [2.45, 2.75) is 25.4 Å². The summed E-state index contributed by atoms with van der Waals surface area (Å²) in [5, 5.41) is 5.53. The molecule has 41 heavy (non-hydrogen) atoms. The van der Waals surface area contributed by atoms with Crippen LogP contribution in [0.1, 0.15) is 52.1 Å². The maximum absolute atomic E-state index is 13.8. The Labute approximate surface area is 246 Å². The van der Waals surface area contributed by atoms with E-state index in [1.165, 1.54) is 0 Å². The number of carbonyl (C=O) groups excluding carboxylic acids is 2. The number of hydrogen-bond donors (Lipinski definition) is 0. The zero-order chi connectivity index (χ0) is 28.1. The van der Waals surface area contributed by atoms with Gasteiger partial charge in [-0.25, -0.2) is 0 Å². The first-order valence-corrected chi connectivity index (χ1v) is 14.6. The van der Waals surface area contributed by atoms with Gasteiger partial charge in [0.15, 0.2) is 11.5 Å². The minimum Gasteiger partial charge on any atom is -0.490 e. The van der Waals surface area contributed by atoms with E-state index >= 15 is 0 Å². The number of rotatable bonds is 7. The lowest BCUT2D eigenvalue weighted by molar-refractivity contribution is -0.139. The number of hydrogen-bond acceptors (Lipinski definition) is 5. The number of halogens is 1. The predicted octanol–water partition coefficient (Wildman–Crippen LogP) is 6.65. The second-order valence-electron chi connectivity index (χ2n) is 10.6. The highest BCUT2D eigenvalue weighted by atomic mass is 79.9. The van der Waals surface area contributed by atoms with E-state index in [9.17, 15) is 9.59 Å². The fourth-order valence-corrected chi connectivity index (χ4v) is 6.90. The Morgan fingerprint density at radius 1 is 0.756 bits per heavy atom. The average Bonchev–Trinajstić information content (AvgIpc) is 3.26. The van der Waals surface area contributed by atoms with Crippen molar-refractivity contribution in [3.8, 4) is 11.5 Å². The number of hydrazone groups is 1. The van der Waals surface area contributed by atoms with Gasteiger partial charge >= 0.3 is 0 Å². The molecule has 0 radical (unpaired) electrons. The third kappa shape index (κ3) is 4.27. The number of imide groups is 1. The van der Waals surface area contributed by atoms with Gasteiger partial charge in [-0.1, -0.05) is 76.6 Å². The predicted molar refractivity (Wildman–Crippen MR) is 159 cm³/mol. The molecule has 2 amide bonds. The average molecular weight is 608 g/mol. The van der Waals surface area contributed by atoms with E-state index in [-0.39, 0.29) is 23.7 Å². The van der Waals surface area contributed by atoms with Gasteiger partial charge in [0.25, 0.3) is 11.8 Å². The highest BCUT2D eigenvalue weighted by Crippen LogP contribution is 2.60. The first-order chi connectivity index (χ1) is 20.0. The lowest BCUT2D eigenvalue weighted by Gasteiger charge is -2.45. The highest BCUT2D eigenvalue weighted by Gasteiger charge is 2.61. The SMILES string of the molecule is CCOc1cc(/C=N\N2C(=O)[C@@H]3C4c5ccccc5C(c5ccccc54)[C@H]3C2=O)ccc1OCc1ccc(Br)cc1. The fraction of sp³-hybridized carbons (Fsp3) is 0.206. The van der Waals surface area contributed by atoms with Gasteiger partial charge < -0.3 is 9.47 Å². The molecule has 3 aliphatic carbocycles. The van der Waals surface area contributed by atoms with E-state index in [0.717, 1.165) is 37.3 Å². The van der Waals surface area contributed by atoms with Crippen LogP contribution < -0.4 is 9.47 Å². The van der Waals surface area contributed by atoms with Crippen molar-refractivity contribution < 1.29 is 19.1 Å². The summed E-state index contributed by atoms with van der Waals surface area (Å²) in [6.45, 7) is 2.77. The molecule has 2 bridgehead atoms. The van der Waals surface area contributed by atoms with Crippen molar-refractivity contribution >= 4 is 34.0 Å². The molecule has 6 nitrogen and oxygen atoms in total. The van der Waals surface area contributed by atoms with Crippen LogP contribution in [0.5, 0.6) is 11.5 Å². The monoisotopic (exact) mass is 606 g/mol. The van der Waals surface area contributed by atoms with Crippen LogP contribution in [0, 0.1) is 11.8 Å². The largest absolute Gasteiger partial charge is 0.490 e. The number of carbonyl (C=O) groups is 2. The quantitative estimate of drug-likeness (QED) is 0.174. The summed E-state index contributed by atoms with van der Waals surface area (Å²) in [4.78, 5) is 27.6. The zero-order valence-corrected chi connectivity index (χ0v) is 24.0. The Kier molecular flexibility index (Phi) is 6.47. The Morgan fingerprint density at radius 2 is 1.32 bits per heavy atom. The van der Waals surface area contributed by atoms with E-state index in [2.05, 4.69) is 45.3 Å². The van der Waals surface area contributed by atoms with Crippen molar-refractivity contribution in [2.24, 2.45) is 16.9 Å². The second-order valence-corrected chi connectivity index (χ2v) is 11.5. The third-order valence-electron chi connectivity index (χ3n) is 8.32. The van der Waals surface area contributed by atoms with Crippen LogP contribution in [0.3, 0.4) is 0 Å². The maximum Gasteiger partial charge on any atom is 0.254 e. The number of benzene rings is 4. The summed E-state index contributed by atoms with van der Waals surface area (Å²) >= 11 is 3.45. The van der Waals surface area contributed by atoms with E-state index in [1.54, 1.807) is 6.21 Å². The lowest BCUT2D eigenvalue weighted by atomic mass is 9.55. The van der Waals surface area contributed by atoms with Crippen LogP contribution in [-0.2, 0) is 16.2 Å². The lowest BCUT2D eigenvalue weighted by Crippen LogP contribution is -2.41. The molecule has 0 unspecified atom stereocenters. The van der Waals surface area contributed by atoms with E-state index in [0.29, 0.717) is 30.3 Å². The van der Waals surface area contributed by atoms with Crippen LogP contribution in [0.4, 0.5) is 0 Å². The van der Waals surface area contributed by atoms with Gasteiger partial charge in [-0.05, 0) is 70.6 Å². The molecule has 1 saturated heterocycles. The molecule has 8 rings (SSSR count). The number of ether oxygens (including phenoxy) is 2. The molecular weight excluding hydrogens is 580 g/mol. The van der Waals surface area contributed by atoms with Crippen molar-refractivity contribution in [1.82, 2.24) is 5.01 Å². The van der Waals surface area contributed by atoms with Gasteiger partial charge in [-0.2, -0.15) is 10.1 Å². The molecule has 1 heterocycles. The van der Waals surface area contributed by atoms with Crippen LogP contribution in [0.25, 0.3) is 0 Å². The molecule has 4 aliphatic rings. The molecular formula is C34H27BrN2O4. The van der Waals surface area contributed by atoms with Crippen LogP contribution in [0.15, 0.2) is 101 Å². The highest BCUT2D eigenvalue weighted by molar-refractivity contribution is 9.10. The summed E-state index contributed by atoms with van der Waals surface area (Å²) in [7, 11) is 0. The molecule has 4 aromatic carbocycles. The standard InChI is InChI=1S/C34H27BrN2O4/c1-2-40-28-17-21(13-16-27(28)41-19-20-11-14-22(35)15-12-20)18-36-37-33(38)31-29-23-7-3-4-8-24(23)30(32(31)34(37)39)26-10-6-5-9-25(26)29/h3-18,29-32H,2,19H2,1H3/b36-18-/t29?,30?,31-,32-/m1/s1. The number of amides is 2. The van der Waals surface area contributed by atoms with Gasteiger partial charge in [0, 0.05) is 16.3 Å². The van der Waals surface area contributed by atoms with Crippen LogP contribution in [0.2, 0.25) is 0 Å². The minimum absolute atomic E-state index is 0.152. The third-order valence-corrected chi connectivity index (χ3v) is 8.85. The normalized spacial score (nSPS) is 22.0. The van der Waals surface area contributed by atoms with Gasteiger partial charge in [0.05, 0.1) is 24.7 Å². The van der Waals surface area contributed by atoms with E-state index in [4.69, 9.17) is 9.47 Å². The molecule has 4 aromatic rings. The molecule has 204 valence electrons. The first kappa shape index (κ1) is 25.7. The summed E-state index contributed by atoms with van der Waals surface area (Å²) in [6, 6.07) is 29.9. The zero-order valence-electron chi connectivity index (χ0n) is 22.4. The summed E-state index contributed by atoms with van der Waals surface area (Å²) in [6.07, 6.45) is 1.55. The minimum atomic E-state index is -0.456. The molecule has 1 fully saturated rings. The molecule has 0 N–H and O–H groups in total. The van der Waals surface area contributed by atoms with E-state index < -0.39 is 11.8 Å². The molecule has 0 aromatic heterocycles. The molecule has 2 atom stereocenters. The second kappa shape index (κ2) is 10.3. The molecule has 0 saturated carbocycles. The maximum atomic E-state index is 13.8. The van der Waals surface area contributed by atoms with E-state index in [1.807, 2.05) is 73.7 Å². The topological polar surface area (TPSA) is 68.2 Å². The Hall–Kier alpha value is -4.23. The van der Waals surface area contributed by atoms with Gasteiger partial charge in [-0.15, -0.1) is 0 Å². The summed E-state index contributed by atoms with van der Waals surface area (Å²) < 4.78 is 12.9. The van der Waals surface area contributed by atoms with Crippen LogP contribution in [-0.4, -0.2) is 29.6 Å². The fourth-order valence-electron chi connectivity index (χ4n) is 6.63. The van der Waals surface area contributed by atoms with Crippen molar-refractivity contribution in [2.75, 3.05) is 6.61 Å². The van der Waals surface area contributed by atoms with Gasteiger partial charge in [0.2, 0.25) is 0 Å². The Morgan fingerprint density at radius 3 is 1.85 bits per heavy atom. The summed E-state index contributed by atoms with van der Waals surface area (Å²) in [5.41, 5.74) is 6.31. The van der Waals surface area contributed by atoms with Crippen molar-refractivity contribution in [3.05, 3.63) is 129 Å². The first-order valence-electron chi connectivity index (χ1n) is 13.8. The number of nitrogens with zero attached hydrogens (tertiary/aromatic N) is 2. The van der Waals surface area contributed by atoms with Crippen LogP contribution >= 0.6 is 15.9 Å². The van der Waals surface area contributed by atoms with Gasteiger partial charge in [0.1, 0.15) is 6.61 Å². The molecule has 1 aliphatic heterocycles. The Bertz CT molecular complexity index is 1580. The van der Waals surface area contributed by atoms with Gasteiger partial charge in [-0.3, -0.25) is 9.59 Å². The smallest absolute Gasteiger partial charge is 0.254 e. The summed E-state index contributed by atoms with van der Waals surface area (Å²) in [5.74, 6) is -0.514. The molecule has 7 heteroatoms. The van der Waals surface area contributed by atoms with Crippen molar-refractivity contribution in [1.29, 1.82) is 0 Å². The van der Waals surface area contributed by atoms with Crippen molar-refractivity contribution in [3.63, 3.8) is 0 Å². The molecule has 0 spiro atoms.